The molecule has 0 unspecified atom stereocenters. The molecule has 0 aliphatic rings. The fourth-order valence-corrected chi connectivity index (χ4v) is 3.60. The lowest BCUT2D eigenvalue weighted by molar-refractivity contribution is 0.815. The van der Waals surface area contributed by atoms with Crippen LogP contribution in [0.4, 0.5) is 0 Å². The molecule has 20 heavy (non-hydrogen) atoms. The molecule has 3 aromatic rings. The van der Waals surface area contributed by atoms with Gasteiger partial charge in [-0.05, 0) is 40.0 Å². The van der Waals surface area contributed by atoms with E-state index < -0.39 is 0 Å². The predicted molar refractivity (Wildman–Crippen MR) is 86.2 cm³/mol. The molecule has 0 spiro atoms. The minimum atomic E-state index is 0.464. The highest BCUT2D eigenvalue weighted by atomic mass is 79.9. The molecule has 0 aliphatic heterocycles. The van der Waals surface area contributed by atoms with Crippen LogP contribution in [-0.2, 0) is 13.5 Å². The van der Waals surface area contributed by atoms with E-state index in [1.807, 2.05) is 7.05 Å². The van der Waals surface area contributed by atoms with Crippen LogP contribution in [0.5, 0.6) is 0 Å². The topological polar surface area (TPSA) is 48.2 Å². The Morgan fingerprint density at radius 2 is 2.10 bits per heavy atom. The van der Waals surface area contributed by atoms with Crippen molar-refractivity contribution in [3.05, 3.63) is 34.1 Å². The highest BCUT2D eigenvalue weighted by molar-refractivity contribution is 9.10. The summed E-state index contributed by atoms with van der Waals surface area (Å²) in [6, 6.07) is 6.39. The average Bonchev–Trinajstić information content (AvgIpc) is 2.90. The van der Waals surface area contributed by atoms with E-state index >= 15 is 0 Å². The van der Waals surface area contributed by atoms with Crippen molar-refractivity contribution < 1.29 is 0 Å². The maximum Gasteiger partial charge on any atom is 0.215 e. The van der Waals surface area contributed by atoms with Crippen molar-refractivity contribution in [1.82, 2.24) is 14.0 Å². The molecule has 0 atom stereocenters. The molecule has 0 saturated heterocycles. The zero-order valence-electron chi connectivity index (χ0n) is 12.0. The zero-order valence-corrected chi connectivity index (χ0v) is 13.6. The number of halogens is 1. The van der Waals surface area contributed by atoms with Gasteiger partial charge in [0.15, 0.2) is 0 Å². The Labute approximate surface area is 126 Å². The van der Waals surface area contributed by atoms with Crippen molar-refractivity contribution in [3.8, 4) is 0 Å². The van der Waals surface area contributed by atoms with E-state index in [0.29, 0.717) is 12.5 Å². The van der Waals surface area contributed by atoms with Crippen LogP contribution in [0.15, 0.2) is 22.8 Å². The molecule has 0 bridgehead atoms. The van der Waals surface area contributed by atoms with Gasteiger partial charge in [0.1, 0.15) is 4.60 Å². The molecule has 3 rings (SSSR count). The molecule has 1 aromatic carbocycles. The van der Waals surface area contributed by atoms with Gasteiger partial charge >= 0.3 is 0 Å². The third-order valence-corrected chi connectivity index (χ3v) is 4.65. The quantitative estimate of drug-likeness (QED) is 0.799. The lowest BCUT2D eigenvalue weighted by Crippen LogP contribution is -2.07. The van der Waals surface area contributed by atoms with Crippen LogP contribution in [0.25, 0.3) is 16.8 Å². The van der Waals surface area contributed by atoms with Gasteiger partial charge in [-0.15, -0.1) is 0 Å². The van der Waals surface area contributed by atoms with Crippen LogP contribution in [-0.4, -0.2) is 20.5 Å². The number of nitrogens with zero attached hydrogens (tertiary/aromatic N) is 3. The number of fused-ring (bicyclic) bond motifs is 3. The molecule has 5 heteroatoms. The summed E-state index contributed by atoms with van der Waals surface area (Å²) in [4.78, 5) is 4.85. The molecule has 2 N–H and O–H groups in total. The highest BCUT2D eigenvalue weighted by Crippen LogP contribution is 2.31. The third-order valence-electron chi connectivity index (χ3n) is 3.84. The maximum absolute atomic E-state index is 5.70. The summed E-state index contributed by atoms with van der Waals surface area (Å²) in [5, 5.41) is 0. The SMILES string of the molecule is CC(C)c1cccc2c1nc1n(C)c(CCN)c(Br)n21. The second kappa shape index (κ2) is 4.90. The van der Waals surface area contributed by atoms with Crippen molar-refractivity contribution in [1.29, 1.82) is 0 Å². The largest absolute Gasteiger partial charge is 0.330 e. The van der Waals surface area contributed by atoms with E-state index in [0.717, 1.165) is 27.8 Å². The van der Waals surface area contributed by atoms with Gasteiger partial charge < -0.3 is 10.3 Å². The third kappa shape index (κ3) is 1.80. The van der Waals surface area contributed by atoms with Crippen LogP contribution in [0.1, 0.15) is 31.0 Å². The zero-order chi connectivity index (χ0) is 14.4. The molecular formula is C15H19BrN4. The Morgan fingerprint density at radius 3 is 2.75 bits per heavy atom. The minimum Gasteiger partial charge on any atom is -0.330 e. The Hall–Kier alpha value is -1.33. The van der Waals surface area contributed by atoms with Gasteiger partial charge in [-0.1, -0.05) is 26.0 Å². The number of benzene rings is 1. The first kappa shape index (κ1) is 13.6. The Bertz CT molecular complexity index is 782. The molecule has 2 heterocycles. The summed E-state index contributed by atoms with van der Waals surface area (Å²) >= 11 is 3.71. The molecule has 0 amide bonds. The molecule has 4 nitrogen and oxygen atoms in total. The summed E-state index contributed by atoms with van der Waals surface area (Å²) in [6.45, 7) is 5.04. The van der Waals surface area contributed by atoms with Crippen molar-refractivity contribution in [3.63, 3.8) is 0 Å². The summed E-state index contributed by atoms with van der Waals surface area (Å²) in [6.07, 6.45) is 0.839. The first-order valence-electron chi connectivity index (χ1n) is 6.90. The summed E-state index contributed by atoms with van der Waals surface area (Å²) in [5.74, 6) is 1.43. The molecular weight excluding hydrogens is 316 g/mol. The van der Waals surface area contributed by atoms with E-state index in [1.165, 1.54) is 11.3 Å². The van der Waals surface area contributed by atoms with Gasteiger partial charge in [0.25, 0.3) is 0 Å². The summed E-state index contributed by atoms with van der Waals surface area (Å²) in [7, 11) is 2.05. The molecule has 0 aliphatic carbocycles. The number of imidazole rings is 2. The number of nitrogens with two attached hydrogens (primary N) is 1. The second-order valence-corrected chi connectivity index (χ2v) is 6.20. The maximum atomic E-state index is 5.70. The molecule has 2 aromatic heterocycles. The monoisotopic (exact) mass is 334 g/mol. The van der Waals surface area contributed by atoms with Crippen molar-refractivity contribution in [2.45, 2.75) is 26.2 Å². The van der Waals surface area contributed by atoms with Gasteiger partial charge in [-0.3, -0.25) is 4.40 Å². The highest BCUT2D eigenvalue weighted by Gasteiger charge is 2.19. The van der Waals surface area contributed by atoms with Gasteiger partial charge in [0, 0.05) is 13.5 Å². The molecule has 0 radical (unpaired) electrons. The van der Waals surface area contributed by atoms with Gasteiger partial charge in [0.2, 0.25) is 5.78 Å². The normalized spacial score (nSPS) is 12.1. The van der Waals surface area contributed by atoms with E-state index in [1.54, 1.807) is 0 Å². The van der Waals surface area contributed by atoms with Crippen LogP contribution in [0.3, 0.4) is 0 Å². The first-order chi connectivity index (χ1) is 9.56. The van der Waals surface area contributed by atoms with Gasteiger partial charge in [-0.2, -0.15) is 0 Å². The summed E-state index contributed by atoms with van der Waals surface area (Å²) < 4.78 is 5.36. The fraction of sp³-hybridized carbons (Fsp3) is 0.400. The average molecular weight is 335 g/mol. The van der Waals surface area contributed by atoms with Crippen LogP contribution in [0, 0.1) is 0 Å². The van der Waals surface area contributed by atoms with E-state index in [9.17, 15) is 0 Å². The molecule has 0 fully saturated rings. The summed E-state index contributed by atoms with van der Waals surface area (Å²) in [5.41, 5.74) is 10.4. The lowest BCUT2D eigenvalue weighted by atomic mass is 10.0. The number of aromatic nitrogens is 3. The number of hydrogen-bond acceptors (Lipinski definition) is 2. The molecule has 106 valence electrons. The minimum absolute atomic E-state index is 0.464. The van der Waals surface area contributed by atoms with E-state index in [2.05, 4.69) is 56.9 Å². The number of hydrogen-bond donors (Lipinski definition) is 1. The predicted octanol–water partition coefficient (Wildman–Crippen LogP) is 3.21. The van der Waals surface area contributed by atoms with Crippen LogP contribution in [0.2, 0.25) is 0 Å². The Kier molecular flexibility index (Phi) is 3.34. The van der Waals surface area contributed by atoms with Gasteiger partial charge in [-0.25, -0.2) is 4.98 Å². The number of para-hydroxylation sites is 1. The fourth-order valence-electron chi connectivity index (χ4n) is 2.79. The van der Waals surface area contributed by atoms with Crippen molar-refractivity contribution >= 4 is 32.7 Å². The molecule has 0 saturated carbocycles. The Morgan fingerprint density at radius 1 is 1.35 bits per heavy atom. The van der Waals surface area contributed by atoms with E-state index in [4.69, 9.17) is 10.7 Å². The van der Waals surface area contributed by atoms with Crippen molar-refractivity contribution in [2.75, 3.05) is 6.54 Å². The lowest BCUT2D eigenvalue weighted by Gasteiger charge is -2.06. The second-order valence-electron chi connectivity index (χ2n) is 5.45. The van der Waals surface area contributed by atoms with E-state index in [-0.39, 0.29) is 0 Å². The van der Waals surface area contributed by atoms with Gasteiger partial charge in [0.05, 0.1) is 16.7 Å². The van der Waals surface area contributed by atoms with Crippen LogP contribution >= 0.6 is 15.9 Å². The van der Waals surface area contributed by atoms with Crippen molar-refractivity contribution in [2.24, 2.45) is 12.8 Å². The van der Waals surface area contributed by atoms with Crippen LogP contribution < -0.4 is 5.73 Å². The smallest absolute Gasteiger partial charge is 0.215 e. The first-order valence-corrected chi connectivity index (χ1v) is 7.69. The standard InChI is InChI=1S/C15H19BrN4/c1-9(2)10-5-4-6-11-13(10)18-15-19(3)12(7-8-17)14(16)20(11)15/h4-6,9H,7-8,17H2,1-3H3. The Balaban J connectivity index is 2.40. The number of rotatable bonds is 3. The number of aryl methyl sites for hydroxylation is 1.